The van der Waals surface area contributed by atoms with Crippen LogP contribution in [0.1, 0.15) is 11.1 Å². The number of benzene rings is 2. The second-order valence-corrected chi connectivity index (χ2v) is 4.61. The van der Waals surface area contributed by atoms with Crippen LogP contribution in [0.3, 0.4) is 0 Å². The van der Waals surface area contributed by atoms with Gasteiger partial charge in [-0.2, -0.15) is 13.2 Å². The summed E-state index contributed by atoms with van der Waals surface area (Å²) in [6.07, 6.45) is -3.42. The van der Waals surface area contributed by atoms with E-state index in [-0.39, 0.29) is 11.3 Å². The lowest BCUT2D eigenvalue weighted by Crippen LogP contribution is -2.04. The van der Waals surface area contributed by atoms with E-state index in [1.807, 2.05) is 0 Å². The van der Waals surface area contributed by atoms with Gasteiger partial charge < -0.3 is 4.84 Å². The molecule has 0 heterocycles. The number of halogens is 3. The molecule has 0 aliphatic heterocycles. The molecular formula is C14H8F3N3O5. The first-order valence-electron chi connectivity index (χ1n) is 6.49. The van der Waals surface area contributed by atoms with Crippen LogP contribution in [0.15, 0.2) is 47.6 Å². The zero-order chi connectivity index (χ0) is 18.6. The topological polar surface area (TPSA) is 108 Å². The summed E-state index contributed by atoms with van der Waals surface area (Å²) in [5.74, 6) is -0.348. The number of nitrogens with zero attached hydrogens (tertiary/aromatic N) is 3. The molecule has 0 amide bonds. The summed E-state index contributed by atoms with van der Waals surface area (Å²) in [5.41, 5.74) is -1.74. The van der Waals surface area contributed by atoms with Crippen molar-refractivity contribution >= 4 is 17.6 Å². The molecule has 0 saturated carbocycles. The molecule has 0 radical (unpaired) electrons. The maximum atomic E-state index is 12.4. The fourth-order valence-electron chi connectivity index (χ4n) is 1.74. The van der Waals surface area contributed by atoms with Crippen LogP contribution in [0.25, 0.3) is 0 Å². The molecule has 11 heteroatoms. The highest BCUT2D eigenvalue weighted by atomic mass is 19.4. The molecule has 2 rings (SSSR count). The van der Waals surface area contributed by atoms with Gasteiger partial charge >= 0.3 is 11.9 Å². The minimum absolute atomic E-state index is 0.262. The van der Waals surface area contributed by atoms with Gasteiger partial charge in [0.25, 0.3) is 5.69 Å². The molecule has 0 saturated heterocycles. The molecule has 130 valence electrons. The Hall–Kier alpha value is -3.50. The highest BCUT2D eigenvalue weighted by Gasteiger charge is 2.29. The molecule has 2 aromatic rings. The largest absolute Gasteiger partial charge is 0.416 e. The molecule has 2 aromatic carbocycles. The van der Waals surface area contributed by atoms with Crippen LogP contribution < -0.4 is 4.84 Å². The van der Waals surface area contributed by atoms with E-state index in [1.54, 1.807) is 0 Å². The molecule has 0 fully saturated rings. The monoisotopic (exact) mass is 355 g/mol. The Labute approximate surface area is 137 Å². The normalized spacial score (nSPS) is 11.5. The average Bonchev–Trinajstić information content (AvgIpc) is 2.54. The van der Waals surface area contributed by atoms with Crippen molar-refractivity contribution in [2.75, 3.05) is 0 Å². The van der Waals surface area contributed by atoms with Crippen molar-refractivity contribution in [3.8, 4) is 5.75 Å². The predicted molar refractivity (Wildman–Crippen MR) is 79.4 cm³/mol. The van der Waals surface area contributed by atoms with Crippen molar-refractivity contribution in [2.45, 2.75) is 6.18 Å². The molecule has 0 unspecified atom stereocenters. The maximum absolute atomic E-state index is 12.4. The zero-order valence-electron chi connectivity index (χ0n) is 12.1. The van der Waals surface area contributed by atoms with Gasteiger partial charge in [-0.3, -0.25) is 20.2 Å². The Morgan fingerprint density at radius 3 is 2.16 bits per heavy atom. The Morgan fingerprint density at radius 2 is 1.64 bits per heavy atom. The van der Waals surface area contributed by atoms with Crippen LogP contribution in [0.2, 0.25) is 0 Å². The predicted octanol–water partition coefficient (Wildman–Crippen LogP) is 3.93. The molecule has 0 spiro atoms. The standard InChI is InChI=1S/C14H8F3N3O5/c15-14(16,17)10-3-1-9(2-4-10)8-18-25-13-6-5-11(19(21)22)7-12(13)20(23)24/h1-8H. The smallest absolute Gasteiger partial charge is 0.350 e. The highest BCUT2D eigenvalue weighted by Crippen LogP contribution is 2.31. The summed E-state index contributed by atoms with van der Waals surface area (Å²) in [6, 6.07) is 6.67. The van der Waals surface area contributed by atoms with E-state index in [1.165, 1.54) is 0 Å². The van der Waals surface area contributed by atoms with Gasteiger partial charge in [0.05, 0.1) is 27.7 Å². The van der Waals surface area contributed by atoms with Gasteiger partial charge in [-0.1, -0.05) is 17.3 Å². The lowest BCUT2D eigenvalue weighted by Gasteiger charge is -2.05. The first-order chi connectivity index (χ1) is 11.7. The lowest BCUT2D eigenvalue weighted by molar-refractivity contribution is -0.394. The van der Waals surface area contributed by atoms with E-state index < -0.39 is 33.0 Å². The lowest BCUT2D eigenvalue weighted by atomic mass is 10.1. The molecule has 0 aliphatic carbocycles. The molecule has 0 aromatic heterocycles. The highest BCUT2D eigenvalue weighted by molar-refractivity contribution is 5.79. The Kier molecular flexibility index (Phi) is 4.96. The molecule has 0 bridgehead atoms. The van der Waals surface area contributed by atoms with Crippen LogP contribution in [-0.2, 0) is 6.18 Å². The quantitative estimate of drug-likeness (QED) is 0.459. The van der Waals surface area contributed by atoms with Crippen LogP contribution in [0, 0.1) is 20.2 Å². The summed E-state index contributed by atoms with van der Waals surface area (Å²) in [7, 11) is 0. The summed E-state index contributed by atoms with van der Waals surface area (Å²) in [5, 5.41) is 25.0. The maximum Gasteiger partial charge on any atom is 0.416 e. The Bertz CT molecular complexity index is 835. The van der Waals surface area contributed by atoms with Gasteiger partial charge in [-0.05, 0) is 23.8 Å². The SMILES string of the molecule is O=[N+]([O-])c1ccc(ON=Cc2ccc(C(F)(F)F)cc2)c([N+](=O)[O-])c1. The number of non-ortho nitro benzene ring substituents is 1. The molecule has 0 aliphatic rings. The van der Waals surface area contributed by atoms with Gasteiger partial charge in [0.1, 0.15) is 0 Å². The number of oxime groups is 1. The molecule has 0 atom stereocenters. The number of hydrogen-bond acceptors (Lipinski definition) is 6. The van der Waals surface area contributed by atoms with Gasteiger partial charge in [0, 0.05) is 6.07 Å². The molecule has 25 heavy (non-hydrogen) atoms. The Balaban J connectivity index is 2.16. The third kappa shape index (κ3) is 4.50. The molecular weight excluding hydrogens is 347 g/mol. The number of rotatable bonds is 5. The van der Waals surface area contributed by atoms with Crippen LogP contribution in [0.5, 0.6) is 5.75 Å². The second-order valence-electron chi connectivity index (χ2n) is 4.61. The number of hydrogen-bond donors (Lipinski definition) is 0. The number of nitro groups is 2. The van der Waals surface area contributed by atoms with Gasteiger partial charge in [0.15, 0.2) is 0 Å². The number of nitro benzene ring substituents is 2. The van der Waals surface area contributed by atoms with E-state index >= 15 is 0 Å². The van der Waals surface area contributed by atoms with Crippen LogP contribution >= 0.6 is 0 Å². The third-order valence-corrected chi connectivity index (χ3v) is 2.94. The van der Waals surface area contributed by atoms with E-state index in [0.29, 0.717) is 6.07 Å². The van der Waals surface area contributed by atoms with Crippen molar-refractivity contribution < 1.29 is 27.9 Å². The summed E-state index contributed by atoms with van der Waals surface area (Å²) >= 11 is 0. The first kappa shape index (κ1) is 17.8. The van der Waals surface area contributed by atoms with Crippen molar-refractivity contribution in [1.82, 2.24) is 0 Å². The fourth-order valence-corrected chi connectivity index (χ4v) is 1.74. The van der Waals surface area contributed by atoms with Crippen molar-refractivity contribution in [1.29, 1.82) is 0 Å². The summed E-state index contributed by atoms with van der Waals surface area (Å²) in [4.78, 5) is 24.7. The minimum Gasteiger partial charge on any atom is -0.350 e. The van der Waals surface area contributed by atoms with Gasteiger partial charge in [-0.25, -0.2) is 0 Å². The van der Waals surface area contributed by atoms with Gasteiger partial charge in [-0.15, -0.1) is 0 Å². The van der Waals surface area contributed by atoms with Crippen LogP contribution in [-0.4, -0.2) is 16.1 Å². The third-order valence-electron chi connectivity index (χ3n) is 2.94. The minimum atomic E-state index is -4.47. The van der Waals surface area contributed by atoms with Crippen molar-refractivity contribution in [3.05, 3.63) is 73.8 Å². The van der Waals surface area contributed by atoms with E-state index in [9.17, 15) is 33.4 Å². The van der Waals surface area contributed by atoms with E-state index in [0.717, 1.165) is 42.6 Å². The number of alkyl halides is 3. The van der Waals surface area contributed by atoms with Crippen molar-refractivity contribution in [3.63, 3.8) is 0 Å². The molecule has 0 N–H and O–H groups in total. The average molecular weight is 355 g/mol. The van der Waals surface area contributed by atoms with E-state index in [2.05, 4.69) is 5.16 Å². The molecule has 8 nitrogen and oxygen atoms in total. The summed E-state index contributed by atoms with van der Waals surface area (Å²) in [6.45, 7) is 0. The van der Waals surface area contributed by atoms with E-state index in [4.69, 9.17) is 4.84 Å². The summed E-state index contributed by atoms with van der Waals surface area (Å²) < 4.78 is 37.3. The van der Waals surface area contributed by atoms with Crippen molar-refractivity contribution in [2.24, 2.45) is 5.16 Å². The first-order valence-corrected chi connectivity index (χ1v) is 6.49. The Morgan fingerprint density at radius 1 is 1.00 bits per heavy atom. The second kappa shape index (κ2) is 6.95. The zero-order valence-corrected chi connectivity index (χ0v) is 12.1. The fraction of sp³-hybridized carbons (Fsp3) is 0.0714. The van der Waals surface area contributed by atoms with Gasteiger partial charge in [0.2, 0.25) is 5.75 Å². The van der Waals surface area contributed by atoms with Crippen LogP contribution in [0.4, 0.5) is 24.5 Å².